The van der Waals surface area contributed by atoms with Crippen LogP contribution in [0, 0.1) is 13.8 Å². The van der Waals surface area contributed by atoms with E-state index in [9.17, 15) is 4.79 Å². The lowest BCUT2D eigenvalue weighted by Gasteiger charge is -2.05. The molecule has 2 heterocycles. The summed E-state index contributed by atoms with van der Waals surface area (Å²) < 4.78 is 0. The number of nitrogens with one attached hydrogen (secondary N) is 1. The maximum Gasteiger partial charge on any atom is 0.268 e. The molecule has 0 saturated carbocycles. The highest BCUT2D eigenvalue weighted by molar-refractivity contribution is 7.17. The van der Waals surface area contributed by atoms with Gasteiger partial charge in [-0.1, -0.05) is 35.9 Å². The molecular formula is C17H14ClN3OS. The highest BCUT2D eigenvalue weighted by atomic mass is 35.5. The van der Waals surface area contributed by atoms with Gasteiger partial charge >= 0.3 is 0 Å². The van der Waals surface area contributed by atoms with Crippen LogP contribution in [0.15, 0.2) is 42.6 Å². The van der Waals surface area contributed by atoms with E-state index >= 15 is 0 Å². The number of carbonyl (C=O) groups excluding carboxylic acids is 1. The van der Waals surface area contributed by atoms with E-state index in [0.717, 1.165) is 16.1 Å². The molecule has 23 heavy (non-hydrogen) atoms. The summed E-state index contributed by atoms with van der Waals surface area (Å²) in [5, 5.41) is 4.19. The predicted molar refractivity (Wildman–Crippen MR) is 94.2 cm³/mol. The molecule has 3 rings (SSSR count). The molecule has 3 aromatic rings. The average Bonchev–Trinajstić information content (AvgIpc) is 2.92. The van der Waals surface area contributed by atoms with Gasteiger partial charge in [0.1, 0.15) is 15.7 Å². The molecule has 0 saturated heterocycles. The minimum atomic E-state index is -0.208. The molecule has 1 amide bonds. The Balaban J connectivity index is 1.91. The summed E-state index contributed by atoms with van der Waals surface area (Å²) in [5.74, 6) is 0.352. The van der Waals surface area contributed by atoms with Gasteiger partial charge in [0.15, 0.2) is 0 Å². The standard InChI is InChI=1S/C17H14ClN3OS/c1-10-6-5-9-19-15(10)21-16(22)14-11(2)20-17(23-14)12-7-3-4-8-13(12)18/h3-9H,1-2H3,(H,19,21,22). The van der Waals surface area contributed by atoms with Crippen molar-refractivity contribution < 1.29 is 4.79 Å². The molecule has 0 radical (unpaired) electrons. The lowest BCUT2D eigenvalue weighted by Crippen LogP contribution is -2.13. The highest BCUT2D eigenvalue weighted by Crippen LogP contribution is 2.33. The third kappa shape index (κ3) is 3.25. The summed E-state index contributed by atoms with van der Waals surface area (Å²) in [5.41, 5.74) is 2.42. The van der Waals surface area contributed by atoms with Crippen molar-refractivity contribution in [3.8, 4) is 10.6 Å². The second-order valence-corrected chi connectivity index (χ2v) is 6.44. The number of pyridine rings is 1. The third-order valence-corrected chi connectivity index (χ3v) is 4.87. The third-order valence-electron chi connectivity index (χ3n) is 3.35. The van der Waals surface area contributed by atoms with Gasteiger partial charge in [-0.15, -0.1) is 11.3 Å². The first-order chi connectivity index (χ1) is 11.1. The van der Waals surface area contributed by atoms with Crippen molar-refractivity contribution in [2.24, 2.45) is 0 Å². The Hall–Kier alpha value is -2.24. The molecule has 0 unspecified atom stereocenters. The number of rotatable bonds is 3. The van der Waals surface area contributed by atoms with E-state index in [1.165, 1.54) is 11.3 Å². The minimum absolute atomic E-state index is 0.208. The van der Waals surface area contributed by atoms with Gasteiger partial charge in [-0.2, -0.15) is 0 Å². The molecular weight excluding hydrogens is 330 g/mol. The van der Waals surface area contributed by atoms with Crippen molar-refractivity contribution in [2.75, 3.05) is 5.32 Å². The Labute approximate surface area is 143 Å². The summed E-state index contributed by atoms with van der Waals surface area (Å²) in [6.45, 7) is 3.72. The molecule has 0 atom stereocenters. The van der Waals surface area contributed by atoms with Crippen molar-refractivity contribution in [1.82, 2.24) is 9.97 Å². The molecule has 6 heteroatoms. The van der Waals surface area contributed by atoms with Crippen LogP contribution in [0.5, 0.6) is 0 Å². The van der Waals surface area contributed by atoms with Crippen molar-refractivity contribution >= 4 is 34.7 Å². The number of anilines is 1. The number of carbonyl (C=O) groups is 1. The van der Waals surface area contributed by atoms with E-state index in [2.05, 4.69) is 15.3 Å². The van der Waals surface area contributed by atoms with Crippen LogP contribution in [-0.4, -0.2) is 15.9 Å². The molecule has 116 valence electrons. The molecule has 4 nitrogen and oxygen atoms in total. The first kappa shape index (κ1) is 15.6. The van der Waals surface area contributed by atoms with E-state index in [4.69, 9.17) is 11.6 Å². The summed E-state index contributed by atoms with van der Waals surface area (Å²) in [7, 11) is 0. The van der Waals surface area contributed by atoms with Gasteiger partial charge < -0.3 is 5.32 Å². The molecule has 2 aromatic heterocycles. The van der Waals surface area contributed by atoms with Crippen LogP contribution < -0.4 is 5.32 Å². The predicted octanol–water partition coefficient (Wildman–Crippen LogP) is 4.73. The van der Waals surface area contributed by atoms with Gasteiger partial charge in [-0.05, 0) is 31.5 Å². The maximum absolute atomic E-state index is 12.5. The SMILES string of the molecule is Cc1cccnc1NC(=O)c1sc(-c2ccccc2Cl)nc1C. The number of aryl methyl sites for hydroxylation is 2. The van der Waals surface area contributed by atoms with Crippen LogP contribution in [-0.2, 0) is 0 Å². The number of thiazole rings is 1. The zero-order chi connectivity index (χ0) is 16.4. The molecule has 0 aliphatic heterocycles. The van der Waals surface area contributed by atoms with E-state index in [1.807, 2.05) is 50.2 Å². The summed E-state index contributed by atoms with van der Waals surface area (Å²) in [4.78, 5) is 21.7. The zero-order valence-electron chi connectivity index (χ0n) is 12.6. The first-order valence-corrected chi connectivity index (χ1v) is 8.21. The summed E-state index contributed by atoms with van der Waals surface area (Å²) in [6.07, 6.45) is 1.65. The van der Waals surface area contributed by atoms with Crippen molar-refractivity contribution in [1.29, 1.82) is 0 Å². The normalized spacial score (nSPS) is 10.6. The van der Waals surface area contributed by atoms with E-state index in [1.54, 1.807) is 6.20 Å². The smallest absolute Gasteiger partial charge is 0.268 e. The van der Waals surface area contributed by atoms with Gasteiger partial charge in [0, 0.05) is 11.8 Å². The molecule has 1 aromatic carbocycles. The molecule has 0 fully saturated rings. The Bertz CT molecular complexity index is 876. The number of benzene rings is 1. The van der Waals surface area contributed by atoms with Gasteiger partial charge in [0.05, 0.1) is 10.7 Å². The van der Waals surface area contributed by atoms with Gasteiger partial charge in [-0.25, -0.2) is 9.97 Å². The second kappa shape index (κ2) is 6.48. The fourth-order valence-electron chi connectivity index (χ4n) is 2.14. The topological polar surface area (TPSA) is 54.9 Å². The van der Waals surface area contributed by atoms with Crippen molar-refractivity contribution in [2.45, 2.75) is 13.8 Å². The maximum atomic E-state index is 12.5. The minimum Gasteiger partial charge on any atom is -0.306 e. The van der Waals surface area contributed by atoms with E-state index < -0.39 is 0 Å². The van der Waals surface area contributed by atoms with E-state index in [-0.39, 0.29) is 5.91 Å². The van der Waals surface area contributed by atoms with Crippen LogP contribution in [0.2, 0.25) is 5.02 Å². The largest absolute Gasteiger partial charge is 0.306 e. The van der Waals surface area contributed by atoms with Gasteiger partial charge in [0.25, 0.3) is 5.91 Å². The lowest BCUT2D eigenvalue weighted by molar-refractivity contribution is 0.102. The Morgan fingerprint density at radius 3 is 2.70 bits per heavy atom. The number of aromatic nitrogens is 2. The summed E-state index contributed by atoms with van der Waals surface area (Å²) in [6, 6.07) is 11.2. The number of halogens is 1. The number of hydrogen-bond acceptors (Lipinski definition) is 4. The Morgan fingerprint density at radius 1 is 1.17 bits per heavy atom. The van der Waals surface area contributed by atoms with Crippen molar-refractivity contribution in [3.05, 3.63) is 63.8 Å². The quantitative estimate of drug-likeness (QED) is 0.748. The van der Waals surface area contributed by atoms with Crippen molar-refractivity contribution in [3.63, 3.8) is 0 Å². The fraction of sp³-hybridized carbons (Fsp3) is 0.118. The zero-order valence-corrected chi connectivity index (χ0v) is 14.2. The summed E-state index contributed by atoms with van der Waals surface area (Å²) >= 11 is 7.53. The van der Waals surface area contributed by atoms with Crippen LogP contribution in [0.3, 0.4) is 0 Å². The van der Waals surface area contributed by atoms with Crippen LogP contribution in [0.1, 0.15) is 20.9 Å². The van der Waals surface area contributed by atoms with Gasteiger partial charge in [0.2, 0.25) is 0 Å². The van der Waals surface area contributed by atoms with Crippen LogP contribution >= 0.6 is 22.9 Å². The molecule has 0 aliphatic carbocycles. The van der Waals surface area contributed by atoms with E-state index in [0.29, 0.717) is 21.4 Å². The monoisotopic (exact) mass is 343 g/mol. The number of hydrogen-bond donors (Lipinski definition) is 1. The van der Waals surface area contributed by atoms with Crippen LogP contribution in [0.4, 0.5) is 5.82 Å². The molecule has 0 bridgehead atoms. The fourth-order valence-corrected chi connectivity index (χ4v) is 3.42. The Morgan fingerprint density at radius 2 is 1.96 bits per heavy atom. The number of nitrogens with zero attached hydrogens (tertiary/aromatic N) is 2. The first-order valence-electron chi connectivity index (χ1n) is 7.01. The molecule has 0 spiro atoms. The molecule has 1 N–H and O–H groups in total. The average molecular weight is 344 g/mol. The molecule has 0 aliphatic rings. The Kier molecular flexibility index (Phi) is 4.41. The van der Waals surface area contributed by atoms with Gasteiger partial charge in [-0.3, -0.25) is 4.79 Å². The highest BCUT2D eigenvalue weighted by Gasteiger charge is 2.18. The van der Waals surface area contributed by atoms with Crippen LogP contribution in [0.25, 0.3) is 10.6 Å². The lowest BCUT2D eigenvalue weighted by atomic mass is 10.2. The number of amides is 1. The second-order valence-electron chi connectivity index (χ2n) is 5.04.